The summed E-state index contributed by atoms with van der Waals surface area (Å²) in [6, 6.07) is 21.5. The number of hydrogen-bond donors (Lipinski definition) is 0. The zero-order chi connectivity index (χ0) is 23.2. The first-order chi connectivity index (χ1) is 15.9. The molecule has 2 aliphatic rings. The maximum absolute atomic E-state index is 14.1. The summed E-state index contributed by atoms with van der Waals surface area (Å²) in [5, 5.41) is 0. The molecule has 3 aromatic carbocycles. The van der Waals surface area contributed by atoms with Gasteiger partial charge in [0.2, 0.25) is 0 Å². The highest BCUT2D eigenvalue weighted by Gasteiger charge is 2.59. The summed E-state index contributed by atoms with van der Waals surface area (Å²) in [6.07, 6.45) is 0. The van der Waals surface area contributed by atoms with Crippen LogP contribution in [0.2, 0.25) is 0 Å². The average Bonchev–Trinajstić information content (AvgIpc) is 3.37. The number of aryl methyl sites for hydroxylation is 2. The molecule has 2 aliphatic heterocycles. The molecule has 0 bridgehead atoms. The topological polar surface area (TPSA) is 49.9 Å². The van der Waals surface area contributed by atoms with Crippen molar-refractivity contribution in [1.29, 1.82) is 0 Å². The molecule has 0 saturated carbocycles. The van der Waals surface area contributed by atoms with Crippen LogP contribution in [0.15, 0.2) is 66.7 Å². The Balaban J connectivity index is 1.60. The third kappa shape index (κ3) is 3.49. The van der Waals surface area contributed by atoms with Gasteiger partial charge in [0, 0.05) is 23.4 Å². The second kappa shape index (κ2) is 8.27. The fourth-order valence-electron chi connectivity index (χ4n) is 4.61. The Labute approximate surface area is 198 Å². The minimum Gasteiger partial charge on any atom is -0.497 e. The number of carbonyl (C=O) groups excluding carboxylic acids is 2. The molecule has 3 aromatic rings. The van der Waals surface area contributed by atoms with E-state index in [0.717, 1.165) is 22.4 Å². The molecule has 168 valence electrons. The molecule has 5 rings (SSSR count). The van der Waals surface area contributed by atoms with Crippen molar-refractivity contribution < 1.29 is 14.3 Å². The Morgan fingerprint density at radius 1 is 1.00 bits per heavy atom. The van der Waals surface area contributed by atoms with Crippen molar-refractivity contribution in [3.05, 3.63) is 94.5 Å². The van der Waals surface area contributed by atoms with E-state index < -0.39 is 4.87 Å². The molecule has 2 heterocycles. The Kier molecular flexibility index (Phi) is 5.41. The minimum atomic E-state index is -1.09. The standard InChI is InChI=1S/C27H26N2O3S/c1-18-4-8-20(9-5-18)17-28-24-13-12-22(32-3)16-23(24)27(26(28)31)29(14-15-33-27)25(30)21-10-6-19(2)7-11-21/h4-13,16H,14-15,17H2,1-3H3/t27-/m0/s1. The van der Waals surface area contributed by atoms with Gasteiger partial charge in [-0.25, -0.2) is 0 Å². The summed E-state index contributed by atoms with van der Waals surface area (Å²) in [7, 11) is 1.62. The van der Waals surface area contributed by atoms with Gasteiger partial charge in [0.15, 0.2) is 4.87 Å². The molecule has 0 aliphatic carbocycles. The van der Waals surface area contributed by atoms with Crippen molar-refractivity contribution in [2.75, 3.05) is 24.3 Å². The van der Waals surface area contributed by atoms with Gasteiger partial charge in [-0.1, -0.05) is 47.5 Å². The van der Waals surface area contributed by atoms with Crippen LogP contribution in [-0.2, 0) is 16.2 Å². The molecule has 1 fully saturated rings. The fourth-order valence-corrected chi connectivity index (χ4v) is 6.06. The first-order valence-electron chi connectivity index (χ1n) is 11.0. The SMILES string of the molecule is COc1ccc2c(c1)[C@]1(SCCN1C(=O)c1ccc(C)cc1)C(=O)N2Cc1ccc(C)cc1. The maximum atomic E-state index is 14.1. The van der Waals surface area contributed by atoms with Crippen molar-refractivity contribution in [3.8, 4) is 5.75 Å². The summed E-state index contributed by atoms with van der Waals surface area (Å²) in [5.41, 5.74) is 5.56. The van der Waals surface area contributed by atoms with E-state index in [1.165, 1.54) is 17.3 Å². The maximum Gasteiger partial charge on any atom is 0.268 e. The molecular formula is C27H26N2O3S. The summed E-state index contributed by atoms with van der Waals surface area (Å²) in [6.45, 7) is 5.00. The number of anilines is 1. The second-order valence-electron chi connectivity index (χ2n) is 8.58. The van der Waals surface area contributed by atoms with Gasteiger partial charge in [-0.05, 0) is 49.7 Å². The van der Waals surface area contributed by atoms with Crippen molar-refractivity contribution >= 4 is 29.3 Å². The first kappa shape index (κ1) is 21.6. The fraction of sp³-hybridized carbons (Fsp3) is 0.259. The van der Waals surface area contributed by atoms with Crippen LogP contribution in [0.3, 0.4) is 0 Å². The molecule has 33 heavy (non-hydrogen) atoms. The highest BCUT2D eigenvalue weighted by Crippen LogP contribution is 2.55. The Hall–Kier alpha value is -3.25. The number of hydrogen-bond acceptors (Lipinski definition) is 4. The monoisotopic (exact) mass is 458 g/mol. The largest absolute Gasteiger partial charge is 0.497 e. The number of benzene rings is 3. The van der Waals surface area contributed by atoms with Crippen LogP contribution in [0.1, 0.15) is 32.6 Å². The highest BCUT2D eigenvalue weighted by molar-refractivity contribution is 8.01. The van der Waals surface area contributed by atoms with E-state index in [4.69, 9.17) is 4.74 Å². The van der Waals surface area contributed by atoms with Crippen LogP contribution >= 0.6 is 11.8 Å². The molecule has 6 heteroatoms. The summed E-state index contributed by atoms with van der Waals surface area (Å²) in [5.74, 6) is 1.17. The lowest BCUT2D eigenvalue weighted by Crippen LogP contribution is -2.50. The van der Waals surface area contributed by atoms with Gasteiger partial charge < -0.3 is 14.5 Å². The quantitative estimate of drug-likeness (QED) is 0.558. The first-order valence-corrected chi connectivity index (χ1v) is 12.0. The third-order valence-corrected chi connectivity index (χ3v) is 7.82. The molecule has 5 nitrogen and oxygen atoms in total. The van der Waals surface area contributed by atoms with Gasteiger partial charge >= 0.3 is 0 Å². The molecule has 0 unspecified atom stereocenters. The van der Waals surface area contributed by atoms with Crippen molar-refractivity contribution in [2.24, 2.45) is 0 Å². The zero-order valence-electron chi connectivity index (χ0n) is 19.0. The summed E-state index contributed by atoms with van der Waals surface area (Å²) < 4.78 is 5.50. The van der Waals surface area contributed by atoms with E-state index in [-0.39, 0.29) is 11.8 Å². The smallest absolute Gasteiger partial charge is 0.268 e. The third-order valence-electron chi connectivity index (χ3n) is 6.41. The molecule has 1 saturated heterocycles. The van der Waals surface area contributed by atoms with Crippen LogP contribution in [0, 0.1) is 13.8 Å². The Bertz CT molecular complexity index is 1220. The number of rotatable bonds is 4. The second-order valence-corrected chi connectivity index (χ2v) is 9.86. The zero-order valence-corrected chi connectivity index (χ0v) is 19.8. The van der Waals surface area contributed by atoms with Gasteiger partial charge in [-0.2, -0.15) is 0 Å². The number of methoxy groups -OCH3 is 1. The van der Waals surface area contributed by atoms with E-state index >= 15 is 0 Å². The number of carbonyl (C=O) groups is 2. The average molecular weight is 459 g/mol. The lowest BCUT2D eigenvalue weighted by atomic mass is 10.0. The number of fused-ring (bicyclic) bond motifs is 2. The van der Waals surface area contributed by atoms with Gasteiger partial charge in [-0.15, -0.1) is 11.8 Å². The van der Waals surface area contributed by atoms with Crippen molar-refractivity contribution in [1.82, 2.24) is 4.90 Å². The summed E-state index contributed by atoms with van der Waals surface area (Å²) in [4.78, 5) is 30.2. The Morgan fingerprint density at radius 2 is 1.67 bits per heavy atom. The molecular weight excluding hydrogens is 432 g/mol. The molecule has 1 atom stereocenters. The number of ether oxygens (including phenoxy) is 1. The van der Waals surface area contributed by atoms with E-state index in [2.05, 4.69) is 12.1 Å². The van der Waals surface area contributed by atoms with Gasteiger partial charge in [0.05, 0.1) is 19.3 Å². The van der Waals surface area contributed by atoms with Gasteiger partial charge in [-0.3, -0.25) is 9.59 Å². The van der Waals surface area contributed by atoms with Crippen LogP contribution < -0.4 is 9.64 Å². The van der Waals surface area contributed by atoms with E-state index in [0.29, 0.717) is 30.2 Å². The summed E-state index contributed by atoms with van der Waals surface area (Å²) >= 11 is 1.53. The highest BCUT2D eigenvalue weighted by atomic mass is 32.2. The van der Waals surface area contributed by atoms with Crippen molar-refractivity contribution in [2.45, 2.75) is 25.3 Å². The van der Waals surface area contributed by atoms with Gasteiger partial charge in [0.1, 0.15) is 5.75 Å². The predicted molar refractivity (Wildman–Crippen MR) is 132 cm³/mol. The van der Waals surface area contributed by atoms with E-state index in [1.54, 1.807) is 12.0 Å². The van der Waals surface area contributed by atoms with Crippen LogP contribution in [0.25, 0.3) is 0 Å². The van der Waals surface area contributed by atoms with Crippen LogP contribution in [0.4, 0.5) is 5.69 Å². The lowest BCUT2D eigenvalue weighted by Gasteiger charge is -2.33. The molecule has 0 N–H and O–H groups in total. The molecule has 2 amide bonds. The number of nitrogens with zero attached hydrogens (tertiary/aromatic N) is 2. The lowest BCUT2D eigenvalue weighted by molar-refractivity contribution is -0.123. The normalized spacial score (nSPS) is 19.3. The number of thioether (sulfide) groups is 1. The van der Waals surface area contributed by atoms with E-state index in [9.17, 15) is 9.59 Å². The van der Waals surface area contributed by atoms with Crippen molar-refractivity contribution in [3.63, 3.8) is 0 Å². The predicted octanol–water partition coefficient (Wildman–Crippen LogP) is 4.90. The molecule has 1 spiro atoms. The molecule has 0 aromatic heterocycles. The minimum absolute atomic E-state index is 0.0747. The van der Waals surface area contributed by atoms with E-state index in [1.807, 2.05) is 73.3 Å². The van der Waals surface area contributed by atoms with Crippen LogP contribution in [0.5, 0.6) is 5.75 Å². The van der Waals surface area contributed by atoms with Crippen LogP contribution in [-0.4, -0.2) is 36.1 Å². The van der Waals surface area contributed by atoms with Gasteiger partial charge in [0.25, 0.3) is 11.8 Å². The number of amides is 2. The Morgan fingerprint density at radius 3 is 2.33 bits per heavy atom. The molecule has 0 radical (unpaired) electrons.